The van der Waals surface area contributed by atoms with Crippen molar-refractivity contribution in [1.82, 2.24) is 14.7 Å². The minimum absolute atomic E-state index is 0.143. The van der Waals surface area contributed by atoms with Crippen LogP contribution in [-0.4, -0.2) is 56.6 Å². The van der Waals surface area contributed by atoms with Gasteiger partial charge in [0.05, 0.1) is 18.4 Å². The summed E-state index contributed by atoms with van der Waals surface area (Å²) in [6, 6.07) is 7.88. The molecule has 1 aromatic heterocycles. The number of likely N-dealkylation sites (tertiary alicyclic amines) is 1. The fraction of sp³-hybridized carbons (Fsp3) is 0.545. The molecule has 2 aromatic rings. The van der Waals surface area contributed by atoms with Crippen LogP contribution in [0.25, 0.3) is 0 Å². The molecule has 2 N–H and O–H groups in total. The van der Waals surface area contributed by atoms with Crippen molar-refractivity contribution in [2.45, 2.75) is 52.2 Å². The zero-order chi connectivity index (χ0) is 21.2. The molecule has 1 aromatic carbocycles. The first-order valence-electron chi connectivity index (χ1n) is 10.2. The Morgan fingerprint density at radius 1 is 1.34 bits per heavy atom. The summed E-state index contributed by atoms with van der Waals surface area (Å²) in [6.45, 7) is 6.98. The predicted molar refractivity (Wildman–Crippen MR) is 108 cm³/mol. The van der Waals surface area contributed by atoms with E-state index in [0.717, 1.165) is 11.3 Å². The van der Waals surface area contributed by atoms with Crippen LogP contribution in [0.15, 0.2) is 30.3 Å². The molecule has 1 aliphatic heterocycles. The largest absolute Gasteiger partial charge is 0.396 e. The van der Waals surface area contributed by atoms with Gasteiger partial charge in [-0.15, -0.1) is 0 Å². The van der Waals surface area contributed by atoms with E-state index < -0.39 is 11.5 Å². The molecule has 1 amide bonds. The number of aliphatic hydroxyl groups is 2. The lowest BCUT2D eigenvalue weighted by molar-refractivity contribution is -0.0670. The summed E-state index contributed by atoms with van der Waals surface area (Å²) in [5, 5.41) is 25.4. The average Bonchev–Trinajstić information content (AvgIpc) is 3.15. The molecule has 0 radical (unpaired) electrons. The normalized spacial score (nSPS) is 22.3. The van der Waals surface area contributed by atoms with Crippen LogP contribution in [-0.2, 0) is 13.0 Å². The van der Waals surface area contributed by atoms with Gasteiger partial charge in [0.25, 0.3) is 5.91 Å². The van der Waals surface area contributed by atoms with Gasteiger partial charge in [0.2, 0.25) is 0 Å². The number of piperidine rings is 1. The van der Waals surface area contributed by atoms with Crippen molar-refractivity contribution < 1.29 is 19.4 Å². The molecule has 7 heteroatoms. The number of halogens is 1. The number of hydrogen-bond donors (Lipinski definition) is 2. The number of benzene rings is 1. The van der Waals surface area contributed by atoms with E-state index in [2.05, 4.69) is 5.10 Å². The molecule has 1 saturated heterocycles. The quantitative estimate of drug-likeness (QED) is 0.777. The Hall–Kier alpha value is -2.25. The Bertz CT molecular complexity index is 849. The van der Waals surface area contributed by atoms with Crippen molar-refractivity contribution in [3.63, 3.8) is 0 Å². The third-order valence-corrected chi connectivity index (χ3v) is 5.87. The molecule has 2 heterocycles. The van der Waals surface area contributed by atoms with Crippen LogP contribution in [0.4, 0.5) is 4.39 Å². The second kappa shape index (κ2) is 8.63. The van der Waals surface area contributed by atoms with Gasteiger partial charge in [-0.3, -0.25) is 9.48 Å². The molecule has 29 heavy (non-hydrogen) atoms. The van der Waals surface area contributed by atoms with Gasteiger partial charge in [0, 0.05) is 25.0 Å². The average molecular weight is 403 g/mol. The zero-order valence-corrected chi connectivity index (χ0v) is 17.3. The summed E-state index contributed by atoms with van der Waals surface area (Å²) < 4.78 is 15.0. The smallest absolute Gasteiger partial charge is 0.272 e. The van der Waals surface area contributed by atoms with E-state index in [0.29, 0.717) is 31.6 Å². The first kappa shape index (κ1) is 21.5. The monoisotopic (exact) mass is 403 g/mol. The zero-order valence-electron chi connectivity index (χ0n) is 17.3. The number of nitrogens with zero attached hydrogens (tertiary/aromatic N) is 3. The summed E-state index contributed by atoms with van der Waals surface area (Å²) in [6.07, 6.45) is -0.00649. The molecule has 1 fully saturated rings. The topological polar surface area (TPSA) is 78.6 Å². The van der Waals surface area contributed by atoms with E-state index in [1.165, 1.54) is 12.1 Å². The minimum Gasteiger partial charge on any atom is -0.396 e. The third kappa shape index (κ3) is 4.36. The molecular weight excluding hydrogens is 373 g/mol. The lowest BCUT2D eigenvalue weighted by Gasteiger charge is -2.45. The van der Waals surface area contributed by atoms with Crippen LogP contribution in [0, 0.1) is 11.2 Å². The Balaban J connectivity index is 1.86. The highest BCUT2D eigenvalue weighted by Crippen LogP contribution is 2.34. The van der Waals surface area contributed by atoms with E-state index in [-0.39, 0.29) is 30.8 Å². The van der Waals surface area contributed by atoms with Crippen molar-refractivity contribution in [3.05, 3.63) is 53.1 Å². The van der Waals surface area contributed by atoms with Crippen LogP contribution in [0.5, 0.6) is 0 Å². The molecule has 0 spiro atoms. The molecule has 3 rings (SSSR count). The van der Waals surface area contributed by atoms with E-state index in [4.69, 9.17) is 0 Å². The molecule has 0 saturated carbocycles. The molecule has 6 nitrogen and oxygen atoms in total. The van der Waals surface area contributed by atoms with Gasteiger partial charge in [-0.2, -0.15) is 5.10 Å². The van der Waals surface area contributed by atoms with Gasteiger partial charge in [0.15, 0.2) is 0 Å². The Kier molecular flexibility index (Phi) is 6.39. The van der Waals surface area contributed by atoms with Gasteiger partial charge in [-0.05, 0) is 49.4 Å². The van der Waals surface area contributed by atoms with E-state index in [1.54, 1.807) is 21.7 Å². The molecular formula is C22H30FN3O3. The Morgan fingerprint density at radius 3 is 2.62 bits per heavy atom. The van der Waals surface area contributed by atoms with E-state index >= 15 is 0 Å². The van der Waals surface area contributed by atoms with Crippen molar-refractivity contribution >= 4 is 5.91 Å². The van der Waals surface area contributed by atoms with Crippen molar-refractivity contribution in [2.75, 3.05) is 19.7 Å². The molecule has 0 bridgehead atoms. The lowest BCUT2D eigenvalue weighted by Crippen LogP contribution is -2.56. The highest BCUT2D eigenvalue weighted by molar-refractivity contribution is 5.93. The highest BCUT2D eigenvalue weighted by Gasteiger charge is 2.44. The van der Waals surface area contributed by atoms with Crippen LogP contribution < -0.4 is 0 Å². The van der Waals surface area contributed by atoms with Crippen molar-refractivity contribution in [3.8, 4) is 0 Å². The van der Waals surface area contributed by atoms with Crippen LogP contribution in [0.1, 0.15) is 54.9 Å². The summed E-state index contributed by atoms with van der Waals surface area (Å²) in [5.74, 6) is -0.260. The molecule has 0 aliphatic carbocycles. The first-order valence-corrected chi connectivity index (χ1v) is 10.2. The number of aliphatic hydroxyl groups excluding tert-OH is 2. The van der Waals surface area contributed by atoms with Gasteiger partial charge < -0.3 is 15.1 Å². The molecule has 1 aliphatic rings. The number of carbonyl (C=O) groups is 1. The number of aromatic nitrogens is 2. The van der Waals surface area contributed by atoms with Crippen LogP contribution >= 0.6 is 0 Å². The SMILES string of the molecule is CCn1nc(C(C)C)cc1C(=O)N1CC[C@H](O)[C@@](CO)(Cc2ccc(F)cc2)C1. The molecule has 0 unspecified atom stereocenters. The number of amides is 1. The fourth-order valence-electron chi connectivity index (χ4n) is 4.01. The number of carbonyl (C=O) groups excluding carboxylic acids is 1. The number of rotatable bonds is 6. The molecule has 2 atom stereocenters. The number of hydrogen-bond acceptors (Lipinski definition) is 4. The second-order valence-electron chi connectivity index (χ2n) is 8.28. The summed E-state index contributed by atoms with van der Waals surface area (Å²) in [7, 11) is 0. The molecule has 158 valence electrons. The van der Waals surface area contributed by atoms with Gasteiger partial charge in [-0.25, -0.2) is 4.39 Å². The van der Waals surface area contributed by atoms with Crippen molar-refractivity contribution in [1.29, 1.82) is 0 Å². The van der Waals surface area contributed by atoms with Gasteiger partial charge in [0.1, 0.15) is 11.5 Å². The Labute approximate surface area is 171 Å². The maximum absolute atomic E-state index is 13.3. The standard InChI is InChI=1S/C22H30FN3O3/c1-4-26-19(11-18(24-26)15(2)3)21(29)25-10-9-20(28)22(13-25,14-27)12-16-5-7-17(23)8-6-16/h5-8,11,15,20,27-28H,4,9-10,12-14H2,1-3H3/t20-,22-/m0/s1. The summed E-state index contributed by atoms with van der Waals surface area (Å²) >= 11 is 0. The van der Waals surface area contributed by atoms with E-state index in [9.17, 15) is 19.4 Å². The van der Waals surface area contributed by atoms with Gasteiger partial charge >= 0.3 is 0 Å². The highest BCUT2D eigenvalue weighted by atomic mass is 19.1. The van der Waals surface area contributed by atoms with Crippen molar-refractivity contribution in [2.24, 2.45) is 5.41 Å². The first-order chi connectivity index (χ1) is 13.8. The predicted octanol–water partition coefficient (Wildman–Crippen LogP) is 2.59. The summed E-state index contributed by atoms with van der Waals surface area (Å²) in [5.41, 5.74) is 1.33. The summed E-state index contributed by atoms with van der Waals surface area (Å²) in [4.78, 5) is 15.0. The van der Waals surface area contributed by atoms with Gasteiger partial charge in [-0.1, -0.05) is 26.0 Å². The second-order valence-corrected chi connectivity index (χ2v) is 8.28. The van der Waals surface area contributed by atoms with Crippen LogP contribution in [0.2, 0.25) is 0 Å². The maximum atomic E-state index is 13.3. The lowest BCUT2D eigenvalue weighted by atomic mass is 9.73. The maximum Gasteiger partial charge on any atom is 0.272 e. The third-order valence-electron chi connectivity index (χ3n) is 5.87. The van der Waals surface area contributed by atoms with E-state index in [1.807, 2.05) is 26.8 Å². The fourth-order valence-corrected chi connectivity index (χ4v) is 4.01. The Morgan fingerprint density at radius 2 is 2.03 bits per heavy atom. The minimum atomic E-state index is -0.885. The van der Waals surface area contributed by atoms with Crippen LogP contribution in [0.3, 0.4) is 0 Å². The number of aryl methyl sites for hydroxylation is 1.